The number of amides is 1. The summed E-state index contributed by atoms with van der Waals surface area (Å²) in [6.07, 6.45) is -5.41. The molecule has 2 rings (SSSR count). The van der Waals surface area contributed by atoms with Crippen LogP contribution in [0.2, 0.25) is 0 Å². The minimum Gasteiger partial charge on any atom is -0.449 e. The first kappa shape index (κ1) is 10.9. The number of nitrogens with zero attached hydrogens (tertiary/aromatic N) is 1. The quantitative estimate of drug-likeness (QED) is 0.900. The fourth-order valence-electron chi connectivity index (χ4n) is 2.66. The molecule has 4 nitrogen and oxygen atoms in total. The van der Waals surface area contributed by atoms with Gasteiger partial charge >= 0.3 is 12.3 Å². The van der Waals surface area contributed by atoms with Crippen LogP contribution in [0.3, 0.4) is 0 Å². The van der Waals surface area contributed by atoms with Gasteiger partial charge < -0.3 is 10.5 Å². The Hall–Kier alpha value is -1.76. The average molecular weight is 321 g/mol. The summed E-state index contributed by atoms with van der Waals surface area (Å²) in [4.78, 5) is 13.5. The SMILES string of the molecule is [2H]C([2H])([2H])C([2H])([2H])OC(=O)N1c2ccc(C(F)(F)F)cc2[C@@H](N)C[C@@H]1CC. The Labute approximate surface area is 134 Å². The number of carbonyl (C=O) groups excluding carboxylic acids is 1. The second-order valence-corrected chi connectivity index (χ2v) is 5.02. The topological polar surface area (TPSA) is 55.6 Å². The molecule has 0 saturated heterocycles. The third-order valence-electron chi connectivity index (χ3n) is 3.71. The number of nitrogens with two attached hydrogens (primary N) is 1. The summed E-state index contributed by atoms with van der Waals surface area (Å²) < 4.78 is 79.8. The first-order valence-corrected chi connectivity index (χ1v) is 6.68. The standard InChI is InChI=1S/C15H19F3N2O2/c1-3-10-8-12(19)11-7-9(15(16,17)18)5-6-13(11)20(10)14(21)22-4-2/h5-7,10,12H,3-4,8,19H2,1-2H3/t10-,12-/m0/s1/i2D3,4D2. The molecule has 0 bridgehead atoms. The summed E-state index contributed by atoms with van der Waals surface area (Å²) in [6.45, 7) is -4.77. The number of fused-ring (bicyclic) bond motifs is 1. The summed E-state index contributed by atoms with van der Waals surface area (Å²) in [5.41, 5.74) is 5.14. The zero-order chi connectivity index (χ0) is 20.8. The van der Waals surface area contributed by atoms with Crippen LogP contribution in [0.25, 0.3) is 0 Å². The molecule has 2 N–H and O–H groups in total. The van der Waals surface area contributed by atoms with E-state index < -0.39 is 43.3 Å². The highest BCUT2D eigenvalue weighted by atomic mass is 19.4. The second-order valence-electron chi connectivity index (χ2n) is 5.02. The maximum atomic E-state index is 13.0. The van der Waals surface area contributed by atoms with Gasteiger partial charge in [-0.25, -0.2) is 4.79 Å². The lowest BCUT2D eigenvalue weighted by atomic mass is 9.89. The van der Waals surface area contributed by atoms with Crippen LogP contribution in [0.5, 0.6) is 0 Å². The van der Waals surface area contributed by atoms with Crippen LogP contribution in [0.4, 0.5) is 23.7 Å². The zero-order valence-electron chi connectivity index (χ0n) is 16.8. The number of rotatable bonds is 2. The van der Waals surface area contributed by atoms with E-state index in [4.69, 9.17) is 12.6 Å². The maximum Gasteiger partial charge on any atom is 0.416 e. The normalized spacial score (nSPS) is 26.0. The number of anilines is 1. The van der Waals surface area contributed by atoms with Gasteiger partial charge in [0.1, 0.15) is 0 Å². The number of ether oxygens (including phenoxy) is 1. The molecule has 0 spiro atoms. The number of benzene rings is 1. The number of hydrogen-bond acceptors (Lipinski definition) is 3. The van der Waals surface area contributed by atoms with Gasteiger partial charge in [-0.3, -0.25) is 4.90 Å². The van der Waals surface area contributed by atoms with Crippen molar-refractivity contribution in [2.75, 3.05) is 11.5 Å². The fraction of sp³-hybridized carbons (Fsp3) is 0.533. The summed E-state index contributed by atoms with van der Waals surface area (Å²) in [6, 6.07) is 1.33. The summed E-state index contributed by atoms with van der Waals surface area (Å²) in [7, 11) is 0. The molecule has 0 radical (unpaired) electrons. The molecular weight excluding hydrogens is 297 g/mol. The average Bonchev–Trinajstić information content (AvgIpc) is 2.51. The van der Waals surface area contributed by atoms with Crippen molar-refractivity contribution in [3.8, 4) is 0 Å². The van der Waals surface area contributed by atoms with E-state index in [1.165, 1.54) is 0 Å². The van der Waals surface area contributed by atoms with E-state index >= 15 is 0 Å². The van der Waals surface area contributed by atoms with E-state index in [0.717, 1.165) is 23.1 Å². The van der Waals surface area contributed by atoms with Gasteiger partial charge in [0.2, 0.25) is 0 Å². The molecule has 1 aliphatic heterocycles. The molecule has 22 heavy (non-hydrogen) atoms. The molecule has 0 aliphatic carbocycles. The van der Waals surface area contributed by atoms with E-state index in [-0.39, 0.29) is 17.7 Å². The van der Waals surface area contributed by atoms with Crippen LogP contribution < -0.4 is 10.6 Å². The van der Waals surface area contributed by atoms with Crippen molar-refractivity contribution in [3.63, 3.8) is 0 Å². The minimum atomic E-state index is -4.60. The lowest BCUT2D eigenvalue weighted by molar-refractivity contribution is -0.137. The molecule has 0 aromatic heterocycles. The van der Waals surface area contributed by atoms with Gasteiger partial charge in [-0.1, -0.05) is 6.92 Å². The third kappa shape index (κ3) is 3.04. The van der Waals surface area contributed by atoms with Crippen LogP contribution in [0.1, 0.15) is 50.6 Å². The highest BCUT2D eigenvalue weighted by molar-refractivity contribution is 5.90. The summed E-state index contributed by atoms with van der Waals surface area (Å²) in [5.74, 6) is 0. The molecule has 0 fully saturated rings. The van der Waals surface area contributed by atoms with E-state index in [9.17, 15) is 18.0 Å². The van der Waals surface area contributed by atoms with E-state index in [0.29, 0.717) is 6.42 Å². The lowest BCUT2D eigenvalue weighted by Crippen LogP contribution is -2.46. The van der Waals surface area contributed by atoms with E-state index in [1.54, 1.807) is 6.92 Å². The zero-order valence-corrected chi connectivity index (χ0v) is 11.8. The van der Waals surface area contributed by atoms with Crippen molar-refractivity contribution in [2.24, 2.45) is 5.73 Å². The Bertz CT molecular complexity index is 724. The molecule has 1 aliphatic rings. The maximum absolute atomic E-state index is 13.0. The summed E-state index contributed by atoms with van der Waals surface area (Å²) in [5, 5.41) is 0. The van der Waals surface area contributed by atoms with Crippen molar-refractivity contribution in [1.82, 2.24) is 0 Å². The Morgan fingerprint density at radius 3 is 2.91 bits per heavy atom. The molecule has 1 heterocycles. The number of halogens is 3. The van der Waals surface area contributed by atoms with Gasteiger partial charge in [0.15, 0.2) is 0 Å². The first-order valence-electron chi connectivity index (χ1n) is 9.18. The number of carbonyl (C=O) groups is 1. The van der Waals surface area contributed by atoms with Crippen molar-refractivity contribution < 1.29 is 29.6 Å². The molecule has 1 aromatic rings. The first-order chi connectivity index (χ1) is 12.2. The molecule has 1 aromatic carbocycles. The molecule has 122 valence electrons. The van der Waals surface area contributed by atoms with Crippen molar-refractivity contribution in [1.29, 1.82) is 0 Å². The van der Waals surface area contributed by atoms with Crippen LogP contribution >= 0.6 is 0 Å². The second kappa shape index (κ2) is 6.16. The molecule has 1 amide bonds. The fourth-order valence-corrected chi connectivity index (χ4v) is 2.66. The molecule has 0 saturated carbocycles. The monoisotopic (exact) mass is 321 g/mol. The highest BCUT2D eigenvalue weighted by Crippen LogP contribution is 2.40. The molecular formula is C15H19F3N2O2. The van der Waals surface area contributed by atoms with Gasteiger partial charge in [-0.15, -0.1) is 0 Å². The van der Waals surface area contributed by atoms with Gasteiger partial charge in [0, 0.05) is 16.2 Å². The predicted octanol–water partition coefficient (Wildman–Crippen LogP) is 3.85. The molecule has 7 heteroatoms. The third-order valence-corrected chi connectivity index (χ3v) is 3.71. The van der Waals surface area contributed by atoms with Gasteiger partial charge in [0.05, 0.1) is 20.6 Å². The van der Waals surface area contributed by atoms with Gasteiger partial charge in [-0.05, 0) is 43.5 Å². The Morgan fingerprint density at radius 1 is 1.59 bits per heavy atom. The Kier molecular flexibility index (Phi) is 3.05. The van der Waals surface area contributed by atoms with Gasteiger partial charge in [-0.2, -0.15) is 13.2 Å². The smallest absolute Gasteiger partial charge is 0.416 e. The number of hydrogen-bond donors (Lipinski definition) is 1. The molecule has 2 atom stereocenters. The van der Waals surface area contributed by atoms with E-state index in [2.05, 4.69) is 4.74 Å². The lowest BCUT2D eigenvalue weighted by Gasteiger charge is -2.39. The van der Waals surface area contributed by atoms with Crippen LogP contribution in [0.15, 0.2) is 18.2 Å². The number of alkyl halides is 3. The predicted molar refractivity (Wildman–Crippen MR) is 76.6 cm³/mol. The van der Waals surface area contributed by atoms with Crippen LogP contribution in [-0.4, -0.2) is 18.7 Å². The minimum absolute atomic E-state index is 0.0416. The largest absolute Gasteiger partial charge is 0.449 e. The molecule has 0 unspecified atom stereocenters. The van der Waals surface area contributed by atoms with Crippen LogP contribution in [-0.2, 0) is 10.9 Å². The highest BCUT2D eigenvalue weighted by Gasteiger charge is 2.37. The Balaban J connectivity index is 2.47. The Morgan fingerprint density at radius 2 is 2.32 bits per heavy atom. The van der Waals surface area contributed by atoms with Gasteiger partial charge in [0.25, 0.3) is 0 Å². The van der Waals surface area contributed by atoms with Crippen LogP contribution in [0, 0.1) is 0 Å². The van der Waals surface area contributed by atoms with Crippen molar-refractivity contribution >= 4 is 11.8 Å². The van der Waals surface area contributed by atoms with Crippen molar-refractivity contribution in [2.45, 2.75) is 44.9 Å². The van der Waals surface area contributed by atoms with Crippen molar-refractivity contribution in [3.05, 3.63) is 29.3 Å². The summed E-state index contributed by atoms with van der Waals surface area (Å²) >= 11 is 0. The van der Waals surface area contributed by atoms with E-state index in [1.807, 2.05) is 0 Å².